The summed E-state index contributed by atoms with van der Waals surface area (Å²) in [4.78, 5) is 14.4. The Morgan fingerprint density at radius 2 is 1.84 bits per heavy atom. The normalized spacial score (nSPS) is 10.2. The van der Waals surface area contributed by atoms with Crippen LogP contribution in [0.15, 0.2) is 71.7 Å². The zero-order valence-corrected chi connectivity index (χ0v) is 14.0. The van der Waals surface area contributed by atoms with Crippen molar-refractivity contribution in [1.82, 2.24) is 9.78 Å². The second kappa shape index (κ2) is 7.45. The lowest BCUT2D eigenvalue weighted by molar-refractivity contribution is 0.637. The van der Waals surface area contributed by atoms with Crippen molar-refractivity contribution in [1.29, 1.82) is 5.26 Å². The van der Waals surface area contributed by atoms with Gasteiger partial charge in [-0.3, -0.25) is 4.79 Å². The zero-order chi connectivity index (χ0) is 17.6. The predicted molar refractivity (Wildman–Crippen MR) is 97.3 cm³/mol. The van der Waals surface area contributed by atoms with E-state index in [0.717, 1.165) is 11.3 Å². The summed E-state index contributed by atoms with van der Waals surface area (Å²) in [6.45, 7) is 1.05. The lowest BCUT2D eigenvalue weighted by atomic mass is 10.1. The average molecular weight is 330 g/mol. The highest BCUT2D eigenvalue weighted by Crippen LogP contribution is 2.12. The van der Waals surface area contributed by atoms with Crippen LogP contribution in [0.4, 0.5) is 5.69 Å². The van der Waals surface area contributed by atoms with E-state index < -0.39 is 0 Å². The molecule has 1 heterocycles. The summed E-state index contributed by atoms with van der Waals surface area (Å²) in [7, 11) is 1.93. The summed E-state index contributed by atoms with van der Waals surface area (Å²) < 4.78 is 1.40. The summed E-state index contributed by atoms with van der Waals surface area (Å²) in [6, 6.07) is 20.9. The molecule has 0 saturated heterocycles. The third-order valence-corrected chi connectivity index (χ3v) is 3.95. The van der Waals surface area contributed by atoms with Gasteiger partial charge in [0.1, 0.15) is 0 Å². The van der Waals surface area contributed by atoms with Crippen LogP contribution in [-0.2, 0) is 13.1 Å². The number of anilines is 1. The topological polar surface area (TPSA) is 61.9 Å². The molecule has 0 unspecified atom stereocenters. The minimum Gasteiger partial charge on any atom is -0.369 e. The highest BCUT2D eigenvalue weighted by Gasteiger charge is 2.06. The molecule has 3 rings (SSSR count). The molecule has 124 valence electrons. The Balaban J connectivity index is 1.76. The van der Waals surface area contributed by atoms with Gasteiger partial charge in [0.15, 0.2) is 0 Å². The third-order valence-electron chi connectivity index (χ3n) is 3.95. The van der Waals surface area contributed by atoms with Gasteiger partial charge in [-0.15, -0.1) is 0 Å². The Labute approximate surface area is 146 Å². The molecule has 0 saturated carbocycles. The minimum absolute atomic E-state index is 0.167. The molecule has 1 aromatic heterocycles. The van der Waals surface area contributed by atoms with Crippen LogP contribution in [0.3, 0.4) is 0 Å². The summed E-state index contributed by atoms with van der Waals surface area (Å²) >= 11 is 0. The molecule has 0 fully saturated rings. The molecule has 0 amide bonds. The van der Waals surface area contributed by atoms with Gasteiger partial charge in [-0.25, -0.2) is 4.68 Å². The summed E-state index contributed by atoms with van der Waals surface area (Å²) in [5.41, 5.74) is 3.22. The van der Waals surface area contributed by atoms with Crippen LogP contribution in [0, 0.1) is 11.3 Å². The van der Waals surface area contributed by atoms with Crippen molar-refractivity contribution in [3.8, 4) is 6.07 Å². The van der Waals surface area contributed by atoms with Gasteiger partial charge in [-0.05, 0) is 23.3 Å². The quantitative estimate of drug-likeness (QED) is 0.722. The Kier molecular flexibility index (Phi) is 4.91. The Morgan fingerprint density at radius 1 is 1.08 bits per heavy atom. The lowest BCUT2D eigenvalue weighted by Gasteiger charge is -2.19. The van der Waals surface area contributed by atoms with Crippen molar-refractivity contribution in [2.75, 3.05) is 11.9 Å². The fourth-order valence-corrected chi connectivity index (χ4v) is 2.61. The van der Waals surface area contributed by atoms with E-state index in [0.29, 0.717) is 18.7 Å². The molecule has 3 aromatic rings. The molecule has 0 aliphatic carbocycles. The maximum atomic E-state index is 12.4. The van der Waals surface area contributed by atoms with Crippen molar-refractivity contribution >= 4 is 5.69 Å². The smallest absolute Gasteiger partial charge is 0.269 e. The summed E-state index contributed by atoms with van der Waals surface area (Å²) in [5.74, 6) is 0. The van der Waals surface area contributed by atoms with Gasteiger partial charge in [-0.2, -0.15) is 10.4 Å². The minimum atomic E-state index is -0.167. The highest BCUT2D eigenvalue weighted by molar-refractivity contribution is 5.43. The highest BCUT2D eigenvalue weighted by atomic mass is 16.1. The molecule has 2 aromatic carbocycles. The number of nitriles is 1. The van der Waals surface area contributed by atoms with Gasteiger partial charge in [0.2, 0.25) is 0 Å². The van der Waals surface area contributed by atoms with Gasteiger partial charge in [0.05, 0.1) is 30.1 Å². The van der Waals surface area contributed by atoms with Crippen LogP contribution < -0.4 is 10.5 Å². The summed E-state index contributed by atoms with van der Waals surface area (Å²) in [5, 5.41) is 13.2. The van der Waals surface area contributed by atoms with Crippen LogP contribution in [-0.4, -0.2) is 16.8 Å². The Hall–Kier alpha value is -3.39. The SMILES string of the molecule is CN(Cc1ccccc1)c1cnn(Cc2cccc(C#N)c2)c(=O)c1. The molecular weight excluding hydrogens is 312 g/mol. The number of nitrogens with zero attached hydrogens (tertiary/aromatic N) is 4. The van der Waals surface area contributed by atoms with Gasteiger partial charge < -0.3 is 4.90 Å². The number of hydrogen-bond donors (Lipinski definition) is 0. The number of aromatic nitrogens is 2. The van der Waals surface area contributed by atoms with Crippen LogP contribution in [0.5, 0.6) is 0 Å². The standard InChI is InChI=1S/C20H18N4O/c1-23(14-16-6-3-2-4-7-16)19-11-20(25)24(22-13-19)15-18-9-5-8-17(10-18)12-21/h2-11,13H,14-15H2,1H3. The van der Waals surface area contributed by atoms with E-state index in [1.807, 2.05) is 48.3 Å². The zero-order valence-electron chi connectivity index (χ0n) is 14.0. The first-order chi connectivity index (χ1) is 12.2. The van der Waals surface area contributed by atoms with Crippen molar-refractivity contribution in [2.45, 2.75) is 13.1 Å². The molecule has 0 N–H and O–H groups in total. The average Bonchev–Trinajstić information content (AvgIpc) is 2.64. The van der Waals surface area contributed by atoms with Crippen molar-refractivity contribution in [2.24, 2.45) is 0 Å². The molecule has 5 heteroatoms. The number of rotatable bonds is 5. The van der Waals surface area contributed by atoms with E-state index in [1.54, 1.807) is 30.5 Å². The second-order valence-corrected chi connectivity index (χ2v) is 5.86. The molecule has 0 bridgehead atoms. The molecule has 0 spiro atoms. The molecule has 0 radical (unpaired) electrons. The second-order valence-electron chi connectivity index (χ2n) is 5.86. The first-order valence-electron chi connectivity index (χ1n) is 7.97. The van der Waals surface area contributed by atoms with Crippen LogP contribution >= 0.6 is 0 Å². The molecular formula is C20H18N4O. The van der Waals surface area contributed by atoms with Crippen molar-refractivity contribution in [3.63, 3.8) is 0 Å². The fourth-order valence-electron chi connectivity index (χ4n) is 2.61. The number of hydrogen-bond acceptors (Lipinski definition) is 4. The first kappa shape index (κ1) is 16.5. The fraction of sp³-hybridized carbons (Fsp3) is 0.150. The van der Waals surface area contributed by atoms with Gasteiger partial charge in [-0.1, -0.05) is 42.5 Å². The van der Waals surface area contributed by atoms with Gasteiger partial charge in [0, 0.05) is 19.7 Å². The largest absolute Gasteiger partial charge is 0.369 e. The molecule has 25 heavy (non-hydrogen) atoms. The van der Waals surface area contributed by atoms with E-state index in [4.69, 9.17) is 5.26 Å². The first-order valence-corrected chi connectivity index (χ1v) is 7.97. The molecule has 0 aliphatic rings. The lowest BCUT2D eigenvalue weighted by Crippen LogP contribution is -2.26. The predicted octanol–water partition coefficient (Wildman–Crippen LogP) is 2.80. The van der Waals surface area contributed by atoms with Crippen LogP contribution in [0.25, 0.3) is 0 Å². The van der Waals surface area contributed by atoms with E-state index >= 15 is 0 Å². The Bertz CT molecular complexity index is 957. The molecule has 5 nitrogen and oxygen atoms in total. The number of benzene rings is 2. The monoisotopic (exact) mass is 330 g/mol. The van der Waals surface area contributed by atoms with Crippen molar-refractivity contribution in [3.05, 3.63) is 93.9 Å². The Morgan fingerprint density at radius 3 is 2.56 bits per heavy atom. The van der Waals surface area contributed by atoms with Gasteiger partial charge >= 0.3 is 0 Å². The maximum Gasteiger partial charge on any atom is 0.269 e. The van der Waals surface area contributed by atoms with E-state index in [9.17, 15) is 4.79 Å². The van der Waals surface area contributed by atoms with Crippen molar-refractivity contribution < 1.29 is 0 Å². The molecule has 0 atom stereocenters. The van der Waals surface area contributed by atoms with E-state index in [2.05, 4.69) is 11.2 Å². The third kappa shape index (κ3) is 4.12. The molecule has 0 aliphatic heterocycles. The summed E-state index contributed by atoms with van der Waals surface area (Å²) in [6.07, 6.45) is 1.69. The maximum absolute atomic E-state index is 12.4. The van der Waals surface area contributed by atoms with E-state index in [-0.39, 0.29) is 5.56 Å². The van der Waals surface area contributed by atoms with Crippen LogP contribution in [0.1, 0.15) is 16.7 Å². The van der Waals surface area contributed by atoms with Crippen LogP contribution in [0.2, 0.25) is 0 Å². The van der Waals surface area contributed by atoms with E-state index in [1.165, 1.54) is 10.2 Å². The van der Waals surface area contributed by atoms with Gasteiger partial charge in [0.25, 0.3) is 5.56 Å².